The van der Waals surface area contributed by atoms with E-state index in [1.54, 1.807) is 0 Å². The first-order valence-corrected chi connectivity index (χ1v) is 5.75. The van der Waals surface area contributed by atoms with Crippen LogP contribution in [0, 0.1) is 0 Å². The van der Waals surface area contributed by atoms with E-state index < -0.39 is 0 Å². The lowest BCUT2D eigenvalue weighted by molar-refractivity contribution is -0.115. The summed E-state index contributed by atoms with van der Waals surface area (Å²) in [6, 6.07) is 0.120. The molecule has 0 heterocycles. The molecular weight excluding hydrogens is 170 g/mol. The molecule has 0 aliphatic heterocycles. The third-order valence-corrected chi connectivity index (χ3v) is 2.79. The Kier molecular flexibility index (Phi) is 6.48. The highest BCUT2D eigenvalue weighted by Crippen LogP contribution is 2.11. The Hall–Kier alpha value is -0.0200. The summed E-state index contributed by atoms with van der Waals surface area (Å²) in [7, 11) is 0. The Bertz CT molecular complexity index is 134. The molecule has 3 heteroatoms. The van der Waals surface area contributed by atoms with Gasteiger partial charge in [-0.1, -0.05) is 32.5 Å². The van der Waals surface area contributed by atoms with Crippen molar-refractivity contribution in [2.75, 3.05) is 19.3 Å². The molecule has 0 aromatic carbocycles. The van der Waals surface area contributed by atoms with E-state index in [2.05, 4.69) is 25.7 Å². The van der Waals surface area contributed by atoms with E-state index in [0.29, 0.717) is 5.12 Å². The van der Waals surface area contributed by atoms with E-state index in [9.17, 15) is 4.79 Å². The molecule has 2 nitrogen and oxygen atoms in total. The van der Waals surface area contributed by atoms with Crippen LogP contribution in [0.25, 0.3) is 0 Å². The maximum atomic E-state index is 11.4. The van der Waals surface area contributed by atoms with Crippen LogP contribution in [0.5, 0.6) is 0 Å². The predicted molar refractivity (Wildman–Crippen MR) is 55.5 cm³/mol. The average molecular weight is 189 g/mol. The first-order chi connectivity index (χ1) is 5.71. The normalized spacial score (nSPS) is 13.4. The second-order valence-electron chi connectivity index (χ2n) is 2.67. The van der Waals surface area contributed by atoms with Crippen molar-refractivity contribution in [3.63, 3.8) is 0 Å². The van der Waals surface area contributed by atoms with Crippen molar-refractivity contribution in [2.45, 2.75) is 33.2 Å². The first kappa shape index (κ1) is 12.0. The number of carbonyl (C=O) groups is 1. The fourth-order valence-electron chi connectivity index (χ4n) is 1.37. The SMILES string of the molecule is CCC(C(=O)SC)N(CC)CC. The molecule has 12 heavy (non-hydrogen) atoms. The molecule has 0 rings (SSSR count). The third-order valence-electron chi connectivity index (χ3n) is 2.11. The fourth-order valence-corrected chi connectivity index (χ4v) is 1.96. The summed E-state index contributed by atoms with van der Waals surface area (Å²) in [6.07, 6.45) is 2.77. The van der Waals surface area contributed by atoms with Gasteiger partial charge in [0.05, 0.1) is 6.04 Å². The van der Waals surface area contributed by atoms with Crippen molar-refractivity contribution in [1.82, 2.24) is 4.90 Å². The first-order valence-electron chi connectivity index (χ1n) is 4.53. The molecule has 0 spiro atoms. The summed E-state index contributed by atoms with van der Waals surface area (Å²) in [5.41, 5.74) is 0. The quantitative estimate of drug-likeness (QED) is 0.660. The van der Waals surface area contributed by atoms with E-state index in [4.69, 9.17) is 0 Å². The lowest BCUT2D eigenvalue weighted by Gasteiger charge is -2.26. The molecule has 0 aliphatic rings. The smallest absolute Gasteiger partial charge is 0.205 e. The van der Waals surface area contributed by atoms with Crippen LogP contribution in [0.4, 0.5) is 0 Å². The van der Waals surface area contributed by atoms with Gasteiger partial charge in [-0.25, -0.2) is 0 Å². The number of rotatable bonds is 5. The van der Waals surface area contributed by atoms with Gasteiger partial charge in [-0.05, 0) is 25.8 Å². The standard InChI is InChI=1S/C9H19NOS/c1-5-8(9(11)12-4)10(6-2)7-3/h8H,5-7H2,1-4H3. The van der Waals surface area contributed by atoms with Gasteiger partial charge in [-0.2, -0.15) is 0 Å². The van der Waals surface area contributed by atoms with Crippen LogP contribution in [-0.2, 0) is 4.79 Å². The average Bonchev–Trinajstić information content (AvgIpc) is 2.12. The molecular formula is C9H19NOS. The molecule has 0 bridgehead atoms. The number of hydrogen-bond acceptors (Lipinski definition) is 3. The van der Waals surface area contributed by atoms with Crippen LogP contribution in [0.3, 0.4) is 0 Å². The second kappa shape index (κ2) is 6.49. The molecule has 0 aromatic rings. The minimum atomic E-state index is 0.120. The molecule has 0 saturated carbocycles. The van der Waals surface area contributed by atoms with Crippen molar-refractivity contribution in [2.24, 2.45) is 0 Å². The van der Waals surface area contributed by atoms with E-state index in [1.165, 1.54) is 11.8 Å². The molecule has 1 unspecified atom stereocenters. The molecule has 0 aliphatic carbocycles. The zero-order valence-corrected chi connectivity index (χ0v) is 9.28. The summed E-state index contributed by atoms with van der Waals surface area (Å²) in [5.74, 6) is 0. The molecule has 1 atom stereocenters. The van der Waals surface area contributed by atoms with Gasteiger partial charge in [0.1, 0.15) is 0 Å². The Morgan fingerprint density at radius 2 is 1.83 bits per heavy atom. The topological polar surface area (TPSA) is 20.3 Å². The minimum Gasteiger partial charge on any atom is -0.293 e. The van der Waals surface area contributed by atoms with Gasteiger partial charge < -0.3 is 0 Å². The van der Waals surface area contributed by atoms with Gasteiger partial charge in [0, 0.05) is 0 Å². The molecule has 0 N–H and O–H groups in total. The number of nitrogens with zero attached hydrogens (tertiary/aromatic N) is 1. The van der Waals surface area contributed by atoms with E-state index in [-0.39, 0.29) is 6.04 Å². The number of carbonyl (C=O) groups excluding carboxylic acids is 1. The van der Waals surface area contributed by atoms with Crippen molar-refractivity contribution >= 4 is 16.9 Å². The van der Waals surface area contributed by atoms with Gasteiger partial charge in [-0.15, -0.1) is 0 Å². The predicted octanol–water partition coefficient (Wildman–Crippen LogP) is 2.00. The molecule has 0 radical (unpaired) electrons. The van der Waals surface area contributed by atoms with Gasteiger partial charge in [0.15, 0.2) is 0 Å². The monoisotopic (exact) mass is 189 g/mol. The highest BCUT2D eigenvalue weighted by molar-refractivity contribution is 8.13. The zero-order valence-electron chi connectivity index (χ0n) is 8.46. The molecule has 0 amide bonds. The summed E-state index contributed by atoms with van der Waals surface area (Å²) in [6.45, 7) is 8.18. The molecule has 0 aromatic heterocycles. The van der Waals surface area contributed by atoms with Gasteiger partial charge in [0.2, 0.25) is 5.12 Å². The van der Waals surface area contributed by atoms with Crippen molar-refractivity contribution in [3.8, 4) is 0 Å². The Balaban J connectivity index is 4.19. The van der Waals surface area contributed by atoms with E-state index in [1.807, 2.05) is 6.26 Å². The Morgan fingerprint density at radius 1 is 1.33 bits per heavy atom. The lowest BCUT2D eigenvalue weighted by Crippen LogP contribution is -2.39. The highest BCUT2D eigenvalue weighted by Gasteiger charge is 2.20. The number of likely N-dealkylation sites (N-methyl/N-ethyl adjacent to an activating group) is 1. The summed E-state index contributed by atoms with van der Waals surface area (Å²) in [4.78, 5) is 13.6. The zero-order chi connectivity index (χ0) is 9.56. The van der Waals surface area contributed by atoms with Crippen molar-refractivity contribution in [3.05, 3.63) is 0 Å². The third kappa shape index (κ3) is 3.15. The molecule has 0 saturated heterocycles. The summed E-state index contributed by atoms with van der Waals surface area (Å²) >= 11 is 1.34. The number of hydrogen-bond donors (Lipinski definition) is 0. The van der Waals surface area contributed by atoms with E-state index in [0.717, 1.165) is 19.5 Å². The van der Waals surface area contributed by atoms with Crippen LogP contribution in [0.2, 0.25) is 0 Å². The van der Waals surface area contributed by atoms with Crippen molar-refractivity contribution < 1.29 is 4.79 Å². The van der Waals surface area contributed by atoms with Crippen LogP contribution in [0.15, 0.2) is 0 Å². The van der Waals surface area contributed by atoms with E-state index >= 15 is 0 Å². The highest BCUT2D eigenvalue weighted by atomic mass is 32.2. The van der Waals surface area contributed by atoms with Crippen LogP contribution in [0.1, 0.15) is 27.2 Å². The lowest BCUT2D eigenvalue weighted by atomic mass is 10.2. The van der Waals surface area contributed by atoms with Gasteiger partial charge in [-0.3, -0.25) is 9.69 Å². The maximum absolute atomic E-state index is 11.4. The summed E-state index contributed by atoms with van der Waals surface area (Å²) < 4.78 is 0. The number of thioether (sulfide) groups is 1. The largest absolute Gasteiger partial charge is 0.293 e. The maximum Gasteiger partial charge on any atom is 0.205 e. The Labute approximate surface area is 79.7 Å². The van der Waals surface area contributed by atoms with Gasteiger partial charge in [0.25, 0.3) is 0 Å². The fraction of sp³-hybridized carbons (Fsp3) is 0.889. The molecule has 0 fully saturated rings. The molecule has 72 valence electrons. The van der Waals surface area contributed by atoms with Crippen LogP contribution >= 0.6 is 11.8 Å². The van der Waals surface area contributed by atoms with Crippen molar-refractivity contribution in [1.29, 1.82) is 0 Å². The van der Waals surface area contributed by atoms with Gasteiger partial charge >= 0.3 is 0 Å². The summed E-state index contributed by atoms with van der Waals surface area (Å²) in [5, 5.41) is 0.293. The minimum absolute atomic E-state index is 0.120. The van der Waals surface area contributed by atoms with Crippen LogP contribution < -0.4 is 0 Å². The Morgan fingerprint density at radius 3 is 2.08 bits per heavy atom. The second-order valence-corrected chi connectivity index (χ2v) is 3.48. The van der Waals surface area contributed by atoms with Crippen LogP contribution in [-0.4, -0.2) is 35.4 Å².